The summed E-state index contributed by atoms with van der Waals surface area (Å²) >= 11 is 0. The molecule has 0 aliphatic carbocycles. The van der Waals surface area contributed by atoms with Crippen molar-refractivity contribution < 1.29 is 18.0 Å². The number of nitrogens with one attached hydrogen (secondary N) is 1. The Bertz CT molecular complexity index is 1100. The number of alkyl halides is 3. The quantitative estimate of drug-likeness (QED) is 0.424. The highest BCUT2D eigenvalue weighted by atomic mass is 19.4. The number of nitrogens with zero attached hydrogens (tertiary/aromatic N) is 2. The van der Waals surface area contributed by atoms with Crippen LogP contribution in [0, 0.1) is 13.8 Å². The highest BCUT2D eigenvalue weighted by molar-refractivity contribution is 5.90. The number of rotatable bonds is 7. The first kappa shape index (κ1) is 23.2. The van der Waals surface area contributed by atoms with Gasteiger partial charge in [0.15, 0.2) is 0 Å². The number of hydrogen-bond acceptors (Lipinski definition) is 1. The molecule has 1 N–H and O–H groups in total. The summed E-state index contributed by atoms with van der Waals surface area (Å²) in [5, 5.41) is 2.93. The number of urea groups is 1. The molecular formula is C25H26F3N3O. The number of amides is 2. The molecule has 0 aliphatic heterocycles. The van der Waals surface area contributed by atoms with Crippen LogP contribution in [0.1, 0.15) is 27.9 Å². The molecule has 168 valence electrons. The largest absolute Gasteiger partial charge is 0.416 e. The van der Waals surface area contributed by atoms with Gasteiger partial charge >= 0.3 is 12.2 Å². The van der Waals surface area contributed by atoms with Crippen molar-refractivity contribution >= 4 is 11.7 Å². The van der Waals surface area contributed by atoms with Crippen LogP contribution in [-0.2, 0) is 19.3 Å². The van der Waals surface area contributed by atoms with Gasteiger partial charge < -0.3 is 14.8 Å². The van der Waals surface area contributed by atoms with Gasteiger partial charge in [0.25, 0.3) is 0 Å². The second-order valence-corrected chi connectivity index (χ2v) is 7.74. The van der Waals surface area contributed by atoms with Crippen molar-refractivity contribution in [1.82, 2.24) is 9.47 Å². The van der Waals surface area contributed by atoms with Crippen molar-refractivity contribution in [3.8, 4) is 0 Å². The van der Waals surface area contributed by atoms with Gasteiger partial charge in [-0.15, -0.1) is 6.58 Å². The first-order chi connectivity index (χ1) is 15.2. The lowest BCUT2D eigenvalue weighted by Crippen LogP contribution is -2.35. The van der Waals surface area contributed by atoms with Gasteiger partial charge in [0.1, 0.15) is 0 Å². The molecule has 4 nitrogen and oxygen atoms in total. The van der Waals surface area contributed by atoms with E-state index in [2.05, 4.69) is 11.9 Å². The second kappa shape index (κ2) is 9.77. The molecule has 1 aromatic heterocycles. The van der Waals surface area contributed by atoms with Crippen LogP contribution < -0.4 is 5.32 Å². The average Bonchev–Trinajstić information content (AvgIpc) is 3.16. The molecule has 0 bridgehead atoms. The third kappa shape index (κ3) is 5.81. The molecule has 7 heteroatoms. The third-order valence-electron chi connectivity index (χ3n) is 5.14. The zero-order valence-corrected chi connectivity index (χ0v) is 18.1. The van der Waals surface area contributed by atoms with Crippen LogP contribution >= 0.6 is 0 Å². The van der Waals surface area contributed by atoms with E-state index in [4.69, 9.17) is 0 Å². The van der Waals surface area contributed by atoms with Crippen LogP contribution in [0.2, 0.25) is 0 Å². The Balaban J connectivity index is 1.76. The van der Waals surface area contributed by atoms with Crippen LogP contribution in [0.3, 0.4) is 0 Å². The van der Waals surface area contributed by atoms with E-state index in [1.165, 1.54) is 6.07 Å². The molecule has 0 saturated carbocycles. The fourth-order valence-electron chi connectivity index (χ4n) is 3.51. The Kier molecular flexibility index (Phi) is 7.08. The van der Waals surface area contributed by atoms with Gasteiger partial charge in [-0.05, 0) is 55.3 Å². The van der Waals surface area contributed by atoms with Gasteiger partial charge in [-0.2, -0.15) is 13.2 Å². The van der Waals surface area contributed by atoms with E-state index in [1.54, 1.807) is 23.2 Å². The Morgan fingerprint density at radius 3 is 2.59 bits per heavy atom. The van der Waals surface area contributed by atoms with E-state index < -0.39 is 11.7 Å². The van der Waals surface area contributed by atoms with Crippen LogP contribution in [0.25, 0.3) is 0 Å². The Hall–Kier alpha value is -3.48. The zero-order valence-electron chi connectivity index (χ0n) is 18.1. The molecule has 2 amide bonds. The predicted molar refractivity (Wildman–Crippen MR) is 121 cm³/mol. The van der Waals surface area contributed by atoms with E-state index in [0.717, 1.165) is 34.6 Å². The minimum absolute atomic E-state index is 0.271. The minimum atomic E-state index is -4.39. The highest BCUT2D eigenvalue weighted by Crippen LogP contribution is 2.29. The van der Waals surface area contributed by atoms with Crippen LogP contribution in [0.15, 0.2) is 73.4 Å². The normalized spacial score (nSPS) is 11.3. The lowest BCUT2D eigenvalue weighted by atomic mass is 10.1. The van der Waals surface area contributed by atoms with Crippen molar-refractivity contribution in [2.45, 2.75) is 33.1 Å². The Morgan fingerprint density at radius 2 is 1.91 bits per heavy atom. The van der Waals surface area contributed by atoms with Crippen molar-refractivity contribution in [1.29, 1.82) is 0 Å². The molecule has 0 radical (unpaired) electrons. The lowest BCUT2D eigenvalue weighted by Gasteiger charge is -2.23. The summed E-state index contributed by atoms with van der Waals surface area (Å²) in [5.74, 6) is 0. The third-order valence-corrected chi connectivity index (χ3v) is 5.14. The van der Waals surface area contributed by atoms with Gasteiger partial charge in [-0.1, -0.05) is 35.9 Å². The molecule has 0 spiro atoms. The van der Waals surface area contributed by atoms with Gasteiger partial charge in [0, 0.05) is 30.7 Å². The Labute approximate surface area is 186 Å². The number of carbonyl (C=O) groups is 1. The molecule has 3 rings (SSSR count). The summed E-state index contributed by atoms with van der Waals surface area (Å²) in [6, 6.07) is 14.5. The molecule has 0 fully saturated rings. The molecular weight excluding hydrogens is 415 g/mol. The van der Waals surface area contributed by atoms with Gasteiger partial charge in [-0.25, -0.2) is 4.79 Å². The summed E-state index contributed by atoms with van der Waals surface area (Å²) in [6.07, 6.45) is -0.951. The topological polar surface area (TPSA) is 37.3 Å². The standard InChI is InChI=1S/C25H26F3N3O/c1-4-12-31(24(32)29-23-11-10-18(2)14-19(23)3)17-22-9-6-13-30(22)16-20-7-5-8-21(15-20)25(26,27)28/h4-11,13-15H,1,12,16-17H2,2-3H3,(H,29,32). The molecule has 0 aliphatic rings. The smallest absolute Gasteiger partial charge is 0.345 e. The first-order valence-electron chi connectivity index (χ1n) is 10.2. The summed E-state index contributed by atoms with van der Waals surface area (Å²) in [7, 11) is 0. The minimum Gasteiger partial charge on any atom is -0.345 e. The first-order valence-corrected chi connectivity index (χ1v) is 10.2. The van der Waals surface area contributed by atoms with E-state index in [0.29, 0.717) is 12.1 Å². The van der Waals surface area contributed by atoms with E-state index in [-0.39, 0.29) is 19.1 Å². The van der Waals surface area contributed by atoms with Crippen molar-refractivity contribution in [3.05, 3.63) is 101 Å². The maximum Gasteiger partial charge on any atom is 0.416 e. The number of benzene rings is 2. The average molecular weight is 441 g/mol. The number of halogens is 3. The van der Waals surface area contributed by atoms with E-state index in [9.17, 15) is 18.0 Å². The van der Waals surface area contributed by atoms with Crippen molar-refractivity contribution in [2.24, 2.45) is 0 Å². The fraction of sp³-hybridized carbons (Fsp3) is 0.240. The number of carbonyl (C=O) groups excluding carboxylic acids is 1. The summed E-state index contributed by atoms with van der Waals surface area (Å²) < 4.78 is 40.9. The molecule has 3 aromatic rings. The molecule has 0 saturated heterocycles. The molecule has 2 aromatic carbocycles. The number of hydrogen-bond donors (Lipinski definition) is 1. The summed E-state index contributed by atoms with van der Waals surface area (Å²) in [4.78, 5) is 14.5. The highest BCUT2D eigenvalue weighted by Gasteiger charge is 2.30. The SMILES string of the molecule is C=CCN(Cc1cccn1Cc1cccc(C(F)(F)F)c1)C(=O)Nc1ccc(C)cc1C. The number of anilines is 1. The maximum atomic E-state index is 13.0. The van der Waals surface area contributed by atoms with Crippen LogP contribution in [0.5, 0.6) is 0 Å². The molecule has 0 atom stereocenters. The molecule has 32 heavy (non-hydrogen) atoms. The number of aryl methyl sites for hydroxylation is 2. The molecule has 0 unspecified atom stereocenters. The second-order valence-electron chi connectivity index (χ2n) is 7.74. The zero-order chi connectivity index (χ0) is 23.3. The van der Waals surface area contributed by atoms with Crippen LogP contribution in [0.4, 0.5) is 23.7 Å². The Morgan fingerprint density at radius 1 is 1.12 bits per heavy atom. The van der Waals surface area contributed by atoms with E-state index in [1.807, 2.05) is 48.7 Å². The molecule has 1 heterocycles. The van der Waals surface area contributed by atoms with Crippen molar-refractivity contribution in [2.75, 3.05) is 11.9 Å². The van der Waals surface area contributed by atoms with E-state index >= 15 is 0 Å². The predicted octanol–water partition coefficient (Wildman–Crippen LogP) is 6.39. The van der Waals surface area contributed by atoms with Gasteiger partial charge in [0.05, 0.1) is 12.1 Å². The fourth-order valence-corrected chi connectivity index (χ4v) is 3.51. The summed E-state index contributed by atoms with van der Waals surface area (Å²) in [5.41, 5.74) is 3.46. The van der Waals surface area contributed by atoms with Gasteiger partial charge in [0.2, 0.25) is 0 Å². The monoisotopic (exact) mass is 441 g/mol. The maximum absolute atomic E-state index is 13.0. The van der Waals surface area contributed by atoms with Crippen LogP contribution in [-0.4, -0.2) is 22.0 Å². The summed E-state index contributed by atoms with van der Waals surface area (Å²) in [6.45, 7) is 8.54. The van der Waals surface area contributed by atoms with Gasteiger partial charge in [-0.3, -0.25) is 0 Å². The van der Waals surface area contributed by atoms with Crippen molar-refractivity contribution in [3.63, 3.8) is 0 Å². The number of aromatic nitrogens is 1. The lowest BCUT2D eigenvalue weighted by molar-refractivity contribution is -0.137.